The van der Waals surface area contributed by atoms with Gasteiger partial charge in [-0.3, -0.25) is 0 Å². The molecule has 1 nitrogen and oxygen atoms in total. The van der Waals surface area contributed by atoms with Crippen molar-refractivity contribution in [3.05, 3.63) is 0 Å². The Labute approximate surface area is 50.3 Å². The molecular weight excluding hydrogens is 98.1 g/mol. The van der Waals surface area contributed by atoms with Gasteiger partial charge in [-0.15, -0.1) is 0 Å². The molecule has 0 aromatic heterocycles. The molecule has 0 aromatic carbocycles. The largest absolute Gasteiger partial charge is 0.327 e. The molecule has 3 aliphatic carbocycles. The molecule has 0 heterocycles. The highest BCUT2D eigenvalue weighted by Crippen LogP contribution is 2.52. The third kappa shape index (κ3) is 0.368. The van der Waals surface area contributed by atoms with E-state index in [2.05, 4.69) is 6.92 Å². The van der Waals surface area contributed by atoms with Crippen LogP contribution in [-0.4, -0.2) is 6.04 Å². The van der Waals surface area contributed by atoms with Crippen LogP contribution in [0.3, 0.4) is 0 Å². The molecule has 8 heavy (non-hydrogen) atoms. The van der Waals surface area contributed by atoms with E-state index in [1.807, 2.05) is 0 Å². The van der Waals surface area contributed by atoms with Crippen molar-refractivity contribution >= 4 is 0 Å². The number of hydrogen-bond acceptors (Lipinski definition) is 1. The van der Waals surface area contributed by atoms with Crippen LogP contribution in [0.2, 0.25) is 0 Å². The molecule has 46 valence electrons. The van der Waals surface area contributed by atoms with Crippen molar-refractivity contribution in [3.8, 4) is 0 Å². The Bertz CT molecular complexity index is 107. The van der Waals surface area contributed by atoms with E-state index in [1.54, 1.807) is 0 Å². The van der Waals surface area contributed by atoms with Gasteiger partial charge < -0.3 is 5.73 Å². The summed E-state index contributed by atoms with van der Waals surface area (Å²) in [6.45, 7) is 2.34. The monoisotopic (exact) mass is 111 g/mol. The maximum atomic E-state index is 5.81. The van der Waals surface area contributed by atoms with Gasteiger partial charge in [0.25, 0.3) is 0 Å². The third-order valence-electron chi connectivity index (χ3n) is 3.12. The molecule has 0 spiro atoms. The van der Waals surface area contributed by atoms with Crippen LogP contribution in [0.15, 0.2) is 0 Å². The van der Waals surface area contributed by atoms with Crippen molar-refractivity contribution in [2.45, 2.75) is 25.8 Å². The Hall–Kier alpha value is -0.0400. The van der Waals surface area contributed by atoms with Crippen LogP contribution in [0.5, 0.6) is 0 Å². The van der Waals surface area contributed by atoms with Crippen molar-refractivity contribution in [1.82, 2.24) is 0 Å². The predicted octanol–water partition coefficient (Wildman–Crippen LogP) is 0.990. The molecule has 0 radical (unpaired) electrons. The summed E-state index contributed by atoms with van der Waals surface area (Å²) in [5.41, 5.74) is 5.81. The molecule has 4 unspecified atom stereocenters. The smallest absolute Gasteiger partial charge is 0.00726 e. The molecule has 0 amide bonds. The zero-order chi connectivity index (χ0) is 5.72. The second kappa shape index (κ2) is 1.27. The first-order valence-electron chi connectivity index (χ1n) is 3.54. The Kier molecular flexibility index (Phi) is 0.762. The van der Waals surface area contributed by atoms with E-state index in [0.29, 0.717) is 6.04 Å². The highest BCUT2D eigenvalue weighted by Gasteiger charge is 2.48. The topological polar surface area (TPSA) is 26.0 Å². The van der Waals surface area contributed by atoms with Crippen molar-refractivity contribution in [2.24, 2.45) is 23.5 Å². The molecule has 1 heteroatoms. The predicted molar refractivity (Wildman–Crippen MR) is 33.4 cm³/mol. The van der Waals surface area contributed by atoms with E-state index in [-0.39, 0.29) is 0 Å². The Morgan fingerprint density at radius 1 is 1.38 bits per heavy atom. The Morgan fingerprint density at radius 3 is 2.25 bits per heavy atom. The fraction of sp³-hybridized carbons (Fsp3) is 1.00. The Balaban J connectivity index is 2.13. The lowest BCUT2D eigenvalue weighted by Crippen LogP contribution is -2.31. The average Bonchev–Trinajstić information content (AvgIpc) is 2.19. The van der Waals surface area contributed by atoms with Crippen LogP contribution in [0.4, 0.5) is 0 Å². The van der Waals surface area contributed by atoms with E-state index in [0.717, 1.165) is 17.8 Å². The fourth-order valence-corrected chi connectivity index (χ4v) is 2.33. The maximum absolute atomic E-state index is 5.81. The first kappa shape index (κ1) is 4.80. The summed E-state index contributed by atoms with van der Waals surface area (Å²) in [7, 11) is 0. The van der Waals surface area contributed by atoms with Crippen molar-refractivity contribution in [3.63, 3.8) is 0 Å². The third-order valence-corrected chi connectivity index (χ3v) is 3.12. The van der Waals surface area contributed by atoms with Crippen LogP contribution in [0.25, 0.3) is 0 Å². The van der Waals surface area contributed by atoms with Crippen LogP contribution in [0.1, 0.15) is 19.8 Å². The summed E-state index contributed by atoms with van der Waals surface area (Å²) < 4.78 is 0. The molecule has 2 N–H and O–H groups in total. The first-order chi connectivity index (χ1) is 3.79. The van der Waals surface area contributed by atoms with E-state index < -0.39 is 0 Å². The van der Waals surface area contributed by atoms with Crippen molar-refractivity contribution in [2.75, 3.05) is 0 Å². The van der Waals surface area contributed by atoms with Gasteiger partial charge in [0.1, 0.15) is 0 Å². The molecule has 3 rings (SSSR count). The number of hydrogen-bond donors (Lipinski definition) is 1. The minimum Gasteiger partial charge on any atom is -0.327 e. The van der Waals surface area contributed by atoms with E-state index in [9.17, 15) is 0 Å². The molecule has 0 aromatic rings. The minimum atomic E-state index is 0.565. The molecule has 3 aliphatic rings. The number of rotatable bonds is 0. The summed E-state index contributed by atoms with van der Waals surface area (Å²) in [6.07, 6.45) is 2.74. The number of nitrogens with two attached hydrogens (primary N) is 1. The zero-order valence-electron chi connectivity index (χ0n) is 5.30. The summed E-state index contributed by atoms with van der Waals surface area (Å²) in [5.74, 6) is 2.87. The van der Waals surface area contributed by atoms with Crippen molar-refractivity contribution < 1.29 is 0 Å². The highest BCUT2D eigenvalue weighted by molar-refractivity contribution is 5.01. The lowest BCUT2D eigenvalue weighted by atomic mass is 9.73. The van der Waals surface area contributed by atoms with E-state index >= 15 is 0 Å². The second-order valence-electron chi connectivity index (χ2n) is 3.42. The molecular formula is C7H13N. The molecule has 0 aliphatic heterocycles. The number of fused-ring (bicyclic) bond motifs is 1. The average molecular weight is 111 g/mol. The molecule has 4 atom stereocenters. The SMILES string of the molecule is CC1C2CC(N)C1C2. The van der Waals surface area contributed by atoms with Gasteiger partial charge in [-0.25, -0.2) is 0 Å². The van der Waals surface area contributed by atoms with Crippen molar-refractivity contribution in [1.29, 1.82) is 0 Å². The van der Waals surface area contributed by atoms with Gasteiger partial charge >= 0.3 is 0 Å². The Morgan fingerprint density at radius 2 is 2.12 bits per heavy atom. The van der Waals surface area contributed by atoms with Crippen LogP contribution >= 0.6 is 0 Å². The molecule has 2 bridgehead atoms. The quantitative estimate of drug-likeness (QED) is 0.495. The summed E-state index contributed by atoms with van der Waals surface area (Å²) in [4.78, 5) is 0. The molecule has 0 saturated heterocycles. The lowest BCUT2D eigenvalue weighted by molar-refractivity contribution is 0.172. The van der Waals surface area contributed by atoms with Gasteiger partial charge in [0.2, 0.25) is 0 Å². The van der Waals surface area contributed by atoms with Gasteiger partial charge in [0.05, 0.1) is 0 Å². The van der Waals surface area contributed by atoms with Gasteiger partial charge in [0.15, 0.2) is 0 Å². The summed E-state index contributed by atoms with van der Waals surface area (Å²) >= 11 is 0. The molecule has 3 saturated carbocycles. The molecule has 3 fully saturated rings. The van der Waals surface area contributed by atoms with E-state index in [1.165, 1.54) is 12.8 Å². The maximum Gasteiger partial charge on any atom is 0.00726 e. The zero-order valence-corrected chi connectivity index (χ0v) is 5.30. The minimum absolute atomic E-state index is 0.565. The van der Waals surface area contributed by atoms with Crippen LogP contribution < -0.4 is 5.73 Å². The van der Waals surface area contributed by atoms with Gasteiger partial charge in [-0.1, -0.05) is 6.92 Å². The highest BCUT2D eigenvalue weighted by atomic mass is 14.7. The summed E-state index contributed by atoms with van der Waals surface area (Å²) in [5, 5.41) is 0. The standard InChI is InChI=1S/C7H13N/c1-4-5-2-6(4)7(8)3-5/h4-7H,2-3,8H2,1H3. The lowest BCUT2D eigenvalue weighted by Gasteiger charge is -2.32. The second-order valence-corrected chi connectivity index (χ2v) is 3.42. The fourth-order valence-electron chi connectivity index (χ4n) is 2.33. The van der Waals surface area contributed by atoms with E-state index in [4.69, 9.17) is 5.73 Å². The van der Waals surface area contributed by atoms with Gasteiger partial charge in [0, 0.05) is 6.04 Å². The van der Waals surface area contributed by atoms with Gasteiger partial charge in [-0.05, 0) is 30.6 Å². The van der Waals surface area contributed by atoms with Crippen LogP contribution in [0, 0.1) is 17.8 Å². The normalized spacial score (nSPS) is 60.8. The van der Waals surface area contributed by atoms with Gasteiger partial charge in [-0.2, -0.15) is 0 Å². The first-order valence-corrected chi connectivity index (χ1v) is 3.54. The van der Waals surface area contributed by atoms with Crippen LogP contribution in [-0.2, 0) is 0 Å². The summed E-state index contributed by atoms with van der Waals surface area (Å²) in [6, 6.07) is 0.565.